The molecule has 138 valence electrons. The van der Waals surface area contributed by atoms with Crippen molar-refractivity contribution in [1.82, 2.24) is 19.6 Å². The molecule has 2 rings (SSSR count). The van der Waals surface area contributed by atoms with Crippen molar-refractivity contribution in [2.24, 2.45) is 5.41 Å². The molecule has 0 saturated carbocycles. The van der Waals surface area contributed by atoms with Gasteiger partial charge in [-0.1, -0.05) is 0 Å². The Hall–Kier alpha value is -1.18. The van der Waals surface area contributed by atoms with Crippen molar-refractivity contribution >= 4 is 11.8 Å². The third kappa shape index (κ3) is 3.90. The van der Waals surface area contributed by atoms with Crippen LogP contribution in [0.2, 0.25) is 0 Å². The van der Waals surface area contributed by atoms with E-state index in [1.807, 2.05) is 33.1 Å². The SMILES string of the molecule is CC(C)N(C)CC(=O)N1C[C@@H](N(C)C)[C@@]2(COCC(=O)N(C)C2)C1. The van der Waals surface area contributed by atoms with Crippen LogP contribution in [0.5, 0.6) is 0 Å². The summed E-state index contributed by atoms with van der Waals surface area (Å²) >= 11 is 0. The Bertz CT molecular complexity index is 482. The first-order chi connectivity index (χ1) is 11.2. The zero-order valence-corrected chi connectivity index (χ0v) is 15.9. The van der Waals surface area contributed by atoms with Crippen molar-refractivity contribution in [2.75, 3.05) is 67.6 Å². The molecule has 0 bridgehead atoms. The second-order valence-corrected chi connectivity index (χ2v) is 7.87. The maximum absolute atomic E-state index is 12.7. The number of likely N-dealkylation sites (N-methyl/N-ethyl adjacent to an activating group) is 3. The number of likely N-dealkylation sites (tertiary alicyclic amines) is 1. The van der Waals surface area contributed by atoms with Gasteiger partial charge in [-0.3, -0.25) is 14.5 Å². The number of hydrogen-bond acceptors (Lipinski definition) is 5. The Morgan fingerprint density at radius 2 is 2.00 bits per heavy atom. The highest BCUT2D eigenvalue weighted by atomic mass is 16.5. The van der Waals surface area contributed by atoms with E-state index in [0.717, 1.165) is 0 Å². The van der Waals surface area contributed by atoms with Crippen LogP contribution in [0, 0.1) is 5.41 Å². The highest BCUT2D eigenvalue weighted by Gasteiger charge is 2.51. The van der Waals surface area contributed by atoms with E-state index in [1.54, 1.807) is 4.90 Å². The Balaban J connectivity index is 2.16. The molecule has 2 fully saturated rings. The number of amides is 2. The van der Waals surface area contributed by atoms with Crippen LogP contribution < -0.4 is 0 Å². The summed E-state index contributed by atoms with van der Waals surface area (Å²) in [4.78, 5) is 32.6. The largest absolute Gasteiger partial charge is 0.371 e. The van der Waals surface area contributed by atoms with Gasteiger partial charge >= 0.3 is 0 Å². The minimum Gasteiger partial charge on any atom is -0.371 e. The van der Waals surface area contributed by atoms with E-state index in [-0.39, 0.29) is 29.9 Å². The summed E-state index contributed by atoms with van der Waals surface area (Å²) in [6.07, 6.45) is 0. The average Bonchev–Trinajstić information content (AvgIpc) is 2.79. The fraction of sp³-hybridized carbons (Fsp3) is 0.882. The maximum atomic E-state index is 12.7. The molecule has 24 heavy (non-hydrogen) atoms. The van der Waals surface area contributed by atoms with Gasteiger partial charge in [0.15, 0.2) is 0 Å². The van der Waals surface area contributed by atoms with Crippen molar-refractivity contribution in [2.45, 2.75) is 25.9 Å². The van der Waals surface area contributed by atoms with Gasteiger partial charge in [-0.15, -0.1) is 0 Å². The standard InChI is InChI=1S/C17H32N4O3/c1-13(2)19(5)8-15(22)21-7-14(18(3)4)17(11-21)10-20(6)16(23)9-24-12-17/h13-14H,7-12H2,1-6H3/t14-,17-/m1/s1. The van der Waals surface area contributed by atoms with Crippen LogP contribution in [0.4, 0.5) is 0 Å². The summed E-state index contributed by atoms with van der Waals surface area (Å²) in [5.74, 6) is 0.154. The van der Waals surface area contributed by atoms with Gasteiger partial charge in [-0.25, -0.2) is 0 Å². The smallest absolute Gasteiger partial charge is 0.248 e. The van der Waals surface area contributed by atoms with E-state index < -0.39 is 0 Å². The van der Waals surface area contributed by atoms with Crippen molar-refractivity contribution in [3.05, 3.63) is 0 Å². The minimum absolute atomic E-state index is 0.00805. The molecular weight excluding hydrogens is 308 g/mol. The summed E-state index contributed by atoms with van der Waals surface area (Å²) in [6, 6.07) is 0.513. The average molecular weight is 340 g/mol. The van der Waals surface area contributed by atoms with Gasteiger partial charge in [0.1, 0.15) is 6.61 Å². The molecule has 1 spiro atoms. The molecule has 2 heterocycles. The molecule has 0 unspecified atom stereocenters. The fourth-order valence-corrected chi connectivity index (χ4v) is 3.70. The summed E-state index contributed by atoms with van der Waals surface area (Å²) in [7, 11) is 7.86. The first-order valence-electron chi connectivity index (χ1n) is 8.62. The Morgan fingerprint density at radius 3 is 2.58 bits per heavy atom. The van der Waals surface area contributed by atoms with Gasteiger partial charge in [0.05, 0.1) is 13.2 Å². The van der Waals surface area contributed by atoms with Crippen LogP contribution in [0.25, 0.3) is 0 Å². The molecule has 2 amide bonds. The summed E-state index contributed by atoms with van der Waals surface area (Å²) in [5.41, 5.74) is -0.226. The van der Waals surface area contributed by atoms with Gasteiger partial charge in [-0.05, 0) is 35.0 Å². The Kier molecular flexibility index (Phi) is 5.88. The van der Waals surface area contributed by atoms with Crippen molar-refractivity contribution in [1.29, 1.82) is 0 Å². The summed E-state index contributed by atoms with van der Waals surface area (Å²) < 4.78 is 5.68. The second-order valence-electron chi connectivity index (χ2n) is 7.87. The van der Waals surface area contributed by atoms with Gasteiger partial charge in [0.2, 0.25) is 11.8 Å². The van der Waals surface area contributed by atoms with Gasteiger partial charge in [0, 0.05) is 44.2 Å². The molecule has 0 aromatic carbocycles. The van der Waals surface area contributed by atoms with E-state index in [1.165, 1.54) is 0 Å². The quantitative estimate of drug-likeness (QED) is 0.695. The second kappa shape index (κ2) is 7.37. The molecule has 0 aliphatic carbocycles. The lowest BCUT2D eigenvalue weighted by Crippen LogP contribution is -2.51. The van der Waals surface area contributed by atoms with Gasteiger partial charge in [0.25, 0.3) is 0 Å². The van der Waals surface area contributed by atoms with Crippen LogP contribution in [0.15, 0.2) is 0 Å². The molecular formula is C17H32N4O3. The van der Waals surface area contributed by atoms with Gasteiger partial charge < -0.3 is 19.4 Å². The Morgan fingerprint density at radius 1 is 1.33 bits per heavy atom. The number of carbonyl (C=O) groups excluding carboxylic acids is 2. The maximum Gasteiger partial charge on any atom is 0.248 e. The number of ether oxygens (including phenoxy) is 1. The first kappa shape index (κ1) is 19.1. The Labute approximate surface area is 145 Å². The molecule has 0 aromatic rings. The molecule has 2 aliphatic heterocycles. The zero-order valence-electron chi connectivity index (χ0n) is 15.9. The topological polar surface area (TPSA) is 56.3 Å². The highest BCUT2D eigenvalue weighted by molar-refractivity contribution is 5.79. The van der Waals surface area contributed by atoms with Crippen LogP contribution in [0.3, 0.4) is 0 Å². The lowest BCUT2D eigenvalue weighted by atomic mass is 9.82. The van der Waals surface area contributed by atoms with E-state index >= 15 is 0 Å². The minimum atomic E-state index is -0.226. The molecule has 7 heteroatoms. The van der Waals surface area contributed by atoms with Crippen molar-refractivity contribution in [3.8, 4) is 0 Å². The number of hydrogen-bond donors (Lipinski definition) is 0. The lowest BCUT2D eigenvalue weighted by molar-refractivity contribution is -0.132. The zero-order chi connectivity index (χ0) is 18.1. The van der Waals surface area contributed by atoms with Crippen LogP contribution in [-0.4, -0.2) is 111 Å². The van der Waals surface area contributed by atoms with E-state index in [9.17, 15) is 9.59 Å². The van der Waals surface area contributed by atoms with E-state index in [2.05, 4.69) is 23.6 Å². The van der Waals surface area contributed by atoms with E-state index in [0.29, 0.717) is 38.8 Å². The van der Waals surface area contributed by atoms with Crippen LogP contribution >= 0.6 is 0 Å². The molecule has 2 atom stereocenters. The van der Waals surface area contributed by atoms with Gasteiger partial charge in [-0.2, -0.15) is 0 Å². The predicted octanol–water partition coefficient (Wildman–Crippen LogP) is -0.426. The van der Waals surface area contributed by atoms with Crippen molar-refractivity contribution < 1.29 is 14.3 Å². The van der Waals surface area contributed by atoms with Crippen LogP contribution in [-0.2, 0) is 14.3 Å². The lowest BCUT2D eigenvalue weighted by Gasteiger charge is -2.38. The number of nitrogens with zero attached hydrogens (tertiary/aromatic N) is 4. The fourth-order valence-electron chi connectivity index (χ4n) is 3.70. The van der Waals surface area contributed by atoms with Crippen molar-refractivity contribution in [3.63, 3.8) is 0 Å². The van der Waals surface area contributed by atoms with Crippen LogP contribution in [0.1, 0.15) is 13.8 Å². The van der Waals surface area contributed by atoms with E-state index in [4.69, 9.17) is 4.74 Å². The molecule has 0 radical (unpaired) electrons. The third-order valence-corrected chi connectivity index (χ3v) is 5.44. The molecule has 0 N–H and O–H groups in total. The highest BCUT2D eigenvalue weighted by Crippen LogP contribution is 2.36. The first-order valence-corrected chi connectivity index (χ1v) is 8.62. The number of rotatable bonds is 4. The summed E-state index contributed by atoms with van der Waals surface area (Å²) in [6.45, 7) is 7.17. The predicted molar refractivity (Wildman–Crippen MR) is 92.7 cm³/mol. The third-order valence-electron chi connectivity index (χ3n) is 5.44. The molecule has 2 aliphatic rings. The summed E-state index contributed by atoms with van der Waals surface area (Å²) in [5, 5.41) is 0. The molecule has 7 nitrogen and oxygen atoms in total. The molecule has 2 saturated heterocycles. The monoisotopic (exact) mass is 340 g/mol. The number of carbonyl (C=O) groups is 2. The normalized spacial score (nSPS) is 28.5. The molecule has 0 aromatic heterocycles.